The molecule has 0 bridgehead atoms. The van der Waals surface area contributed by atoms with Crippen molar-refractivity contribution in [2.75, 3.05) is 26.0 Å². The number of carbonyl (C=O) groups excluding carboxylic acids is 1. The second-order valence-electron chi connectivity index (χ2n) is 7.62. The van der Waals surface area contributed by atoms with Gasteiger partial charge < -0.3 is 20.3 Å². The van der Waals surface area contributed by atoms with Crippen LogP contribution in [-0.2, 0) is 16.1 Å². The number of hydrogen-bond acceptors (Lipinski definition) is 7. The molecule has 4 N–H and O–H groups in total. The molecule has 0 unspecified atom stereocenters. The number of aromatic nitrogens is 2. The molecule has 1 aromatic heterocycles. The monoisotopic (exact) mass is 401 g/mol. The van der Waals surface area contributed by atoms with Crippen LogP contribution in [0.4, 0.5) is 0 Å². The second-order valence-corrected chi connectivity index (χ2v) is 11.9. The highest BCUT2D eigenvalue weighted by Gasteiger charge is 2.44. The predicted molar refractivity (Wildman–Crippen MR) is 105 cm³/mol. The molecule has 1 aromatic rings. The number of ketones is 1. The SMILES string of the molecule is C=P(C)(C)CC[C@H]1O[C@@H](n2cc(CNCC(C)=O)c(=O)[nH]c2=O)[C@H](O)[C@@H]1O. The highest BCUT2D eigenvalue weighted by molar-refractivity contribution is 7.72. The second kappa shape index (κ2) is 8.67. The fourth-order valence-corrected chi connectivity index (χ4v) is 3.84. The smallest absolute Gasteiger partial charge is 0.330 e. The van der Waals surface area contributed by atoms with Gasteiger partial charge >= 0.3 is 5.69 Å². The Morgan fingerprint density at radius 1 is 1.37 bits per heavy atom. The Bertz CT molecular complexity index is 842. The van der Waals surface area contributed by atoms with Crippen molar-refractivity contribution in [1.82, 2.24) is 14.9 Å². The number of aliphatic hydroxyl groups is 2. The van der Waals surface area contributed by atoms with Gasteiger partial charge in [-0.25, -0.2) is 4.79 Å². The number of H-pyrrole nitrogens is 1. The lowest BCUT2D eigenvalue weighted by Crippen LogP contribution is -2.39. The maximum Gasteiger partial charge on any atom is 0.330 e. The molecule has 1 aliphatic rings. The van der Waals surface area contributed by atoms with Gasteiger partial charge in [0.15, 0.2) is 6.23 Å². The first kappa shape index (κ1) is 21.8. The van der Waals surface area contributed by atoms with Gasteiger partial charge in [-0.05, 0) is 32.8 Å². The minimum Gasteiger partial charge on any atom is -0.388 e. The Morgan fingerprint density at radius 2 is 2.04 bits per heavy atom. The average molecular weight is 401 g/mol. The first-order chi connectivity index (χ1) is 12.5. The fraction of sp³-hybridized carbons (Fsp3) is 0.647. The molecule has 1 saturated heterocycles. The van der Waals surface area contributed by atoms with Gasteiger partial charge in [-0.3, -0.25) is 19.1 Å². The summed E-state index contributed by atoms with van der Waals surface area (Å²) >= 11 is 0. The van der Waals surface area contributed by atoms with Gasteiger partial charge in [0.05, 0.1) is 12.6 Å². The number of aliphatic hydroxyl groups excluding tert-OH is 2. The molecular weight excluding hydrogens is 373 g/mol. The van der Waals surface area contributed by atoms with Crippen molar-refractivity contribution in [2.24, 2.45) is 0 Å². The number of carbonyl (C=O) groups is 1. The van der Waals surface area contributed by atoms with Crippen LogP contribution in [0.15, 0.2) is 15.8 Å². The largest absolute Gasteiger partial charge is 0.388 e. The van der Waals surface area contributed by atoms with Crippen molar-refractivity contribution >= 4 is 19.0 Å². The molecule has 27 heavy (non-hydrogen) atoms. The third kappa shape index (κ3) is 5.73. The minimum atomic E-state index is -1.33. The number of nitrogens with zero attached hydrogens (tertiary/aromatic N) is 1. The summed E-state index contributed by atoms with van der Waals surface area (Å²) in [7, 11) is 0. The Kier molecular flexibility index (Phi) is 6.99. The molecule has 0 saturated carbocycles. The zero-order chi connectivity index (χ0) is 20.4. The highest BCUT2D eigenvalue weighted by atomic mass is 31.2. The van der Waals surface area contributed by atoms with E-state index in [9.17, 15) is 24.6 Å². The lowest BCUT2D eigenvalue weighted by atomic mass is 10.1. The van der Waals surface area contributed by atoms with Crippen LogP contribution in [0, 0.1) is 0 Å². The molecule has 4 atom stereocenters. The van der Waals surface area contributed by atoms with Gasteiger partial charge in [0.2, 0.25) is 0 Å². The van der Waals surface area contributed by atoms with Crippen LogP contribution >= 0.6 is 6.89 Å². The molecule has 9 nitrogen and oxygen atoms in total. The third-order valence-electron chi connectivity index (χ3n) is 4.36. The van der Waals surface area contributed by atoms with E-state index in [-0.39, 0.29) is 24.4 Å². The van der Waals surface area contributed by atoms with Crippen LogP contribution in [0.1, 0.15) is 25.1 Å². The molecule has 0 spiro atoms. The fourth-order valence-electron chi connectivity index (χ4n) is 2.89. The number of nitrogens with one attached hydrogen (secondary N) is 2. The first-order valence-electron chi connectivity index (χ1n) is 8.73. The molecule has 1 aliphatic heterocycles. The zero-order valence-corrected chi connectivity index (χ0v) is 16.7. The number of hydrogen-bond donors (Lipinski definition) is 4. The van der Waals surface area contributed by atoms with E-state index in [1.807, 2.05) is 0 Å². The molecule has 152 valence electrons. The summed E-state index contributed by atoms with van der Waals surface area (Å²) in [5.74, 6) is -0.0866. The van der Waals surface area contributed by atoms with Crippen LogP contribution in [0.5, 0.6) is 0 Å². The van der Waals surface area contributed by atoms with Crippen LogP contribution in [0.2, 0.25) is 0 Å². The Labute approximate surface area is 157 Å². The van der Waals surface area contributed by atoms with Gasteiger partial charge in [0, 0.05) is 18.3 Å². The van der Waals surface area contributed by atoms with E-state index in [0.717, 1.165) is 10.7 Å². The Balaban J connectivity index is 2.21. The molecule has 2 heterocycles. The normalized spacial score (nSPS) is 25.7. The summed E-state index contributed by atoms with van der Waals surface area (Å²) < 4.78 is 6.82. The molecule has 0 aromatic carbocycles. The standard InChI is InChI=1S/C17H28N3O6P/c1-10(21)7-18-8-11-9-20(17(25)19-15(11)24)16-14(23)13(22)12(26-16)5-6-27(2,3)4/h9,12-14,16,18,22-23H,2,5-8H2,1,3-4H3,(H,19,24,25)/t12-,13-,14-,16-/m1/s1. The Morgan fingerprint density at radius 3 is 2.63 bits per heavy atom. The van der Waals surface area contributed by atoms with Crippen molar-refractivity contribution in [3.63, 3.8) is 0 Å². The summed E-state index contributed by atoms with van der Waals surface area (Å²) in [5.41, 5.74) is -1.10. The van der Waals surface area contributed by atoms with Crippen LogP contribution in [0.3, 0.4) is 0 Å². The highest BCUT2D eigenvalue weighted by Crippen LogP contribution is 2.39. The molecule has 0 amide bonds. The lowest BCUT2D eigenvalue weighted by Gasteiger charge is -2.19. The third-order valence-corrected chi connectivity index (χ3v) is 5.83. The zero-order valence-electron chi connectivity index (χ0n) is 15.8. The molecule has 0 aliphatic carbocycles. The Hall–Kier alpha value is -1.51. The quantitative estimate of drug-likeness (QED) is 0.408. The van der Waals surface area contributed by atoms with Crippen molar-refractivity contribution in [3.05, 3.63) is 32.6 Å². The van der Waals surface area contributed by atoms with Gasteiger partial charge in [-0.1, -0.05) is 0 Å². The molecule has 2 rings (SSSR count). The predicted octanol–water partition coefficient (Wildman–Crippen LogP) is -1.07. The maximum atomic E-state index is 12.2. The van der Waals surface area contributed by atoms with Gasteiger partial charge in [-0.15, -0.1) is 13.2 Å². The summed E-state index contributed by atoms with van der Waals surface area (Å²) in [6.07, 6.45) is 2.52. The number of rotatable bonds is 8. The summed E-state index contributed by atoms with van der Waals surface area (Å²) in [4.78, 5) is 37.3. The van der Waals surface area contributed by atoms with Gasteiger partial charge in [0.1, 0.15) is 18.0 Å². The van der Waals surface area contributed by atoms with Crippen LogP contribution in [0.25, 0.3) is 0 Å². The maximum absolute atomic E-state index is 12.2. The van der Waals surface area contributed by atoms with Crippen molar-refractivity contribution in [1.29, 1.82) is 0 Å². The van der Waals surface area contributed by atoms with E-state index >= 15 is 0 Å². The van der Waals surface area contributed by atoms with Crippen molar-refractivity contribution in [2.45, 2.75) is 44.4 Å². The first-order valence-corrected chi connectivity index (χ1v) is 11.8. The average Bonchev–Trinajstić information content (AvgIpc) is 2.82. The number of ether oxygens (including phenoxy) is 1. The van der Waals surface area contributed by atoms with E-state index in [4.69, 9.17) is 4.74 Å². The van der Waals surface area contributed by atoms with Gasteiger partial charge in [0.25, 0.3) is 5.56 Å². The molecular formula is C17H28N3O6P. The topological polar surface area (TPSA) is 134 Å². The lowest BCUT2D eigenvalue weighted by molar-refractivity contribution is -0.116. The van der Waals surface area contributed by atoms with E-state index < -0.39 is 42.7 Å². The molecule has 1 fully saturated rings. The summed E-state index contributed by atoms with van der Waals surface area (Å²) in [6, 6.07) is 0. The van der Waals surface area contributed by atoms with Crippen molar-refractivity contribution < 1.29 is 19.7 Å². The summed E-state index contributed by atoms with van der Waals surface area (Å²) in [5, 5.41) is 23.4. The number of aromatic amines is 1. The summed E-state index contributed by atoms with van der Waals surface area (Å²) in [6.45, 7) is 4.38. The minimum absolute atomic E-state index is 0.0736. The van der Waals surface area contributed by atoms with Crippen LogP contribution < -0.4 is 16.6 Å². The van der Waals surface area contributed by atoms with E-state index in [2.05, 4.69) is 29.9 Å². The molecule has 0 radical (unpaired) electrons. The van der Waals surface area contributed by atoms with Crippen LogP contribution in [-0.4, -0.2) is 76.2 Å². The van der Waals surface area contributed by atoms with Crippen molar-refractivity contribution in [3.8, 4) is 0 Å². The van der Waals surface area contributed by atoms with Gasteiger partial charge in [-0.2, -0.15) is 0 Å². The van der Waals surface area contributed by atoms with E-state index in [1.165, 1.54) is 13.1 Å². The van der Waals surface area contributed by atoms with E-state index in [1.54, 1.807) is 0 Å². The molecule has 10 heteroatoms. The van der Waals surface area contributed by atoms with E-state index in [0.29, 0.717) is 6.42 Å². The number of Topliss-reactive ketones (excluding diaryl/α,β-unsaturated/α-hetero) is 1.